The molecule has 4 saturated carbocycles. The second-order valence-corrected chi connectivity index (χ2v) is 7.64. The van der Waals surface area contributed by atoms with Crippen molar-refractivity contribution in [3.8, 4) is 0 Å². The summed E-state index contributed by atoms with van der Waals surface area (Å²) in [5, 5.41) is 0. The van der Waals surface area contributed by atoms with E-state index in [4.69, 9.17) is 0 Å². The molecule has 1 aromatic rings. The van der Waals surface area contributed by atoms with E-state index in [2.05, 4.69) is 0 Å². The van der Waals surface area contributed by atoms with Gasteiger partial charge in [-0.3, -0.25) is 19.3 Å². The third kappa shape index (κ3) is 1.64. The third-order valence-electron chi connectivity index (χ3n) is 6.66. The first kappa shape index (κ1) is 13.5. The number of Topliss-reactive ketones (excluding diaryl/α,β-unsaturated/α-hetero) is 1. The first-order valence-electron chi connectivity index (χ1n) is 8.56. The lowest BCUT2D eigenvalue weighted by Gasteiger charge is -2.42. The van der Waals surface area contributed by atoms with E-state index in [9.17, 15) is 14.4 Å². The summed E-state index contributed by atoms with van der Waals surface area (Å²) in [6.07, 6.45) is 3.43. The Kier molecular flexibility index (Phi) is 2.52. The van der Waals surface area contributed by atoms with Crippen molar-refractivity contribution in [1.82, 2.24) is 0 Å². The van der Waals surface area contributed by atoms with Crippen LogP contribution in [0, 0.1) is 35.5 Å². The molecule has 2 amide bonds. The van der Waals surface area contributed by atoms with Gasteiger partial charge in [0.05, 0.1) is 17.5 Å². The van der Waals surface area contributed by atoms with Gasteiger partial charge < -0.3 is 0 Å². The quantitative estimate of drug-likeness (QED) is 0.623. The van der Waals surface area contributed by atoms with Crippen molar-refractivity contribution in [3.05, 3.63) is 29.8 Å². The molecule has 0 N–H and O–H groups in total. The second-order valence-electron chi connectivity index (χ2n) is 7.64. The maximum Gasteiger partial charge on any atom is 0.237 e. The number of imide groups is 1. The van der Waals surface area contributed by atoms with Crippen LogP contribution in [0.15, 0.2) is 24.3 Å². The lowest BCUT2D eigenvalue weighted by molar-refractivity contribution is -0.129. The van der Waals surface area contributed by atoms with Crippen LogP contribution in [-0.4, -0.2) is 17.6 Å². The van der Waals surface area contributed by atoms with Crippen molar-refractivity contribution in [3.63, 3.8) is 0 Å². The molecule has 118 valence electrons. The second kappa shape index (κ2) is 4.31. The van der Waals surface area contributed by atoms with Crippen LogP contribution in [-0.2, 0) is 9.59 Å². The molecule has 2 bridgehead atoms. The number of fused-ring (bicyclic) bond motifs is 1. The smallest absolute Gasteiger partial charge is 0.237 e. The van der Waals surface area contributed by atoms with E-state index in [-0.39, 0.29) is 29.4 Å². The molecular formula is C19H19NO3. The molecule has 1 saturated heterocycles. The molecule has 1 heterocycles. The number of rotatable bonds is 2. The molecule has 6 atom stereocenters. The Morgan fingerprint density at radius 2 is 1.61 bits per heavy atom. The fourth-order valence-electron chi connectivity index (χ4n) is 5.66. The Morgan fingerprint density at radius 3 is 2.17 bits per heavy atom. The minimum absolute atomic E-state index is 0.0271. The molecule has 4 nitrogen and oxygen atoms in total. The van der Waals surface area contributed by atoms with Gasteiger partial charge in [0.25, 0.3) is 0 Å². The molecule has 5 fully saturated rings. The van der Waals surface area contributed by atoms with Gasteiger partial charge in [0, 0.05) is 5.56 Å². The molecule has 4 aliphatic carbocycles. The van der Waals surface area contributed by atoms with Gasteiger partial charge in [-0.25, -0.2) is 0 Å². The highest BCUT2D eigenvalue weighted by molar-refractivity contribution is 6.22. The van der Waals surface area contributed by atoms with E-state index in [1.165, 1.54) is 18.2 Å². The van der Waals surface area contributed by atoms with Crippen LogP contribution in [0.4, 0.5) is 5.69 Å². The Hall–Kier alpha value is -1.97. The third-order valence-corrected chi connectivity index (χ3v) is 6.66. The average molecular weight is 309 g/mol. The van der Waals surface area contributed by atoms with Crippen molar-refractivity contribution >= 4 is 23.3 Å². The van der Waals surface area contributed by atoms with Crippen LogP contribution in [0.1, 0.15) is 36.5 Å². The largest absolute Gasteiger partial charge is 0.295 e. The van der Waals surface area contributed by atoms with Crippen LogP contribution < -0.4 is 4.90 Å². The minimum Gasteiger partial charge on any atom is -0.295 e. The van der Waals surface area contributed by atoms with Crippen LogP contribution >= 0.6 is 0 Å². The summed E-state index contributed by atoms with van der Waals surface area (Å²) in [7, 11) is 0. The molecule has 6 rings (SSSR count). The number of nitrogens with zero attached hydrogens (tertiary/aromatic N) is 1. The predicted octanol–water partition coefficient (Wildman–Crippen LogP) is 2.67. The average Bonchev–Trinajstić information content (AvgIpc) is 3.32. The monoisotopic (exact) mass is 309 g/mol. The normalized spacial score (nSPS) is 40.1. The molecule has 0 radical (unpaired) electrons. The standard InChI is InChI=1S/C19H19NO3/c1-9(21)10-3-2-4-11(7-10)20-18(22)16-12-5-6-13(15-8-14(12)15)17(16)19(20)23/h2-4,7,12-17H,5-6,8H2,1H3/t12-,13+,14+,15-,16-,17+. The minimum atomic E-state index is -0.106. The summed E-state index contributed by atoms with van der Waals surface area (Å²) in [5.74, 6) is 1.88. The van der Waals surface area contributed by atoms with Gasteiger partial charge in [-0.05, 0) is 62.0 Å². The number of anilines is 1. The molecule has 0 aromatic heterocycles. The summed E-state index contributed by atoms with van der Waals surface area (Å²) in [6.45, 7) is 1.50. The van der Waals surface area contributed by atoms with Gasteiger partial charge in [-0.15, -0.1) is 0 Å². The number of amides is 2. The van der Waals surface area contributed by atoms with Gasteiger partial charge in [0.1, 0.15) is 0 Å². The maximum absolute atomic E-state index is 13.0. The van der Waals surface area contributed by atoms with Gasteiger partial charge in [-0.1, -0.05) is 12.1 Å². The Labute approximate surface area is 134 Å². The highest BCUT2D eigenvalue weighted by Gasteiger charge is 2.68. The molecule has 5 aliphatic rings. The van der Waals surface area contributed by atoms with E-state index < -0.39 is 0 Å². The van der Waals surface area contributed by atoms with E-state index in [0.29, 0.717) is 34.9 Å². The summed E-state index contributed by atoms with van der Waals surface area (Å²) in [6, 6.07) is 6.92. The van der Waals surface area contributed by atoms with Crippen LogP contribution in [0.3, 0.4) is 0 Å². The van der Waals surface area contributed by atoms with Crippen LogP contribution in [0.2, 0.25) is 0 Å². The molecule has 1 aromatic carbocycles. The van der Waals surface area contributed by atoms with E-state index in [0.717, 1.165) is 12.8 Å². The number of carbonyl (C=O) groups excluding carboxylic acids is 3. The zero-order chi connectivity index (χ0) is 15.9. The summed E-state index contributed by atoms with van der Waals surface area (Å²) >= 11 is 0. The van der Waals surface area contributed by atoms with Crippen molar-refractivity contribution in [2.75, 3.05) is 4.90 Å². The van der Waals surface area contributed by atoms with E-state index >= 15 is 0 Å². The summed E-state index contributed by atoms with van der Waals surface area (Å²) < 4.78 is 0. The first-order valence-corrected chi connectivity index (χ1v) is 8.56. The number of hydrogen-bond donors (Lipinski definition) is 0. The predicted molar refractivity (Wildman–Crippen MR) is 83.7 cm³/mol. The summed E-state index contributed by atoms with van der Waals surface area (Å²) in [5.41, 5.74) is 1.11. The Balaban J connectivity index is 1.56. The highest BCUT2D eigenvalue weighted by Crippen LogP contribution is 2.68. The van der Waals surface area contributed by atoms with Crippen molar-refractivity contribution in [1.29, 1.82) is 0 Å². The van der Waals surface area contributed by atoms with Gasteiger partial charge in [0.2, 0.25) is 11.8 Å². The Morgan fingerprint density at radius 1 is 1.00 bits per heavy atom. The SMILES string of the molecule is CC(=O)c1cccc(N2C(=O)[C@@H]3[C@@H]4CC[C@@H]([C@H]5C[C@H]54)[C@@H]3C2=O)c1. The van der Waals surface area contributed by atoms with Crippen LogP contribution in [0.25, 0.3) is 0 Å². The number of benzene rings is 1. The zero-order valence-electron chi connectivity index (χ0n) is 13.1. The van der Waals surface area contributed by atoms with E-state index in [1.54, 1.807) is 24.3 Å². The lowest BCUT2D eigenvalue weighted by Crippen LogP contribution is -2.43. The zero-order valence-corrected chi connectivity index (χ0v) is 13.1. The molecular weight excluding hydrogens is 290 g/mol. The molecule has 4 heteroatoms. The molecule has 0 unspecified atom stereocenters. The lowest BCUT2D eigenvalue weighted by atomic mass is 9.59. The molecule has 0 spiro atoms. The fourth-order valence-corrected chi connectivity index (χ4v) is 5.66. The van der Waals surface area contributed by atoms with Gasteiger partial charge in [0.15, 0.2) is 5.78 Å². The van der Waals surface area contributed by atoms with Crippen molar-refractivity contribution in [2.45, 2.75) is 26.2 Å². The van der Waals surface area contributed by atoms with E-state index in [1.807, 2.05) is 0 Å². The molecule has 23 heavy (non-hydrogen) atoms. The molecule has 1 aliphatic heterocycles. The Bertz CT molecular complexity index is 721. The number of hydrogen-bond acceptors (Lipinski definition) is 3. The van der Waals surface area contributed by atoms with Crippen LogP contribution in [0.5, 0.6) is 0 Å². The van der Waals surface area contributed by atoms with Crippen molar-refractivity contribution in [2.24, 2.45) is 35.5 Å². The number of ketones is 1. The van der Waals surface area contributed by atoms with Crippen molar-refractivity contribution < 1.29 is 14.4 Å². The number of carbonyl (C=O) groups is 3. The highest BCUT2D eigenvalue weighted by atomic mass is 16.2. The maximum atomic E-state index is 13.0. The summed E-state index contributed by atoms with van der Waals surface area (Å²) in [4.78, 5) is 39.0. The topological polar surface area (TPSA) is 54.5 Å². The van der Waals surface area contributed by atoms with Gasteiger partial charge >= 0.3 is 0 Å². The fraction of sp³-hybridized carbons (Fsp3) is 0.526. The first-order chi connectivity index (χ1) is 11.1. The van der Waals surface area contributed by atoms with Gasteiger partial charge in [-0.2, -0.15) is 0 Å².